The lowest BCUT2D eigenvalue weighted by Crippen LogP contribution is -2.30. The molecule has 1 heterocycles. The Hall–Kier alpha value is -2.30. The molecule has 2 aromatic rings. The smallest absolute Gasteiger partial charge is 0.246 e. The standard InChI is InChI=1S/C15H20N4O/c1-11(2)15-17-8-9-19(15)10-14(20)18(3)13-6-4-12(16)5-7-13/h4-9,11H,10,16H2,1-3H3. The summed E-state index contributed by atoms with van der Waals surface area (Å²) in [4.78, 5) is 18.2. The van der Waals surface area contributed by atoms with Crippen LogP contribution >= 0.6 is 0 Å². The maximum absolute atomic E-state index is 12.3. The second-order valence-electron chi connectivity index (χ2n) is 5.11. The minimum Gasteiger partial charge on any atom is -0.399 e. The van der Waals surface area contributed by atoms with Crippen molar-refractivity contribution in [2.45, 2.75) is 26.3 Å². The first kappa shape index (κ1) is 14.1. The van der Waals surface area contributed by atoms with Gasteiger partial charge in [0.15, 0.2) is 0 Å². The number of carbonyl (C=O) groups is 1. The van der Waals surface area contributed by atoms with E-state index in [2.05, 4.69) is 18.8 Å². The molecule has 0 spiro atoms. The Morgan fingerprint density at radius 2 is 2.00 bits per heavy atom. The summed E-state index contributed by atoms with van der Waals surface area (Å²) in [5, 5.41) is 0. The molecule has 1 aromatic heterocycles. The number of amides is 1. The fraction of sp³-hybridized carbons (Fsp3) is 0.333. The second-order valence-corrected chi connectivity index (χ2v) is 5.11. The van der Waals surface area contributed by atoms with Gasteiger partial charge >= 0.3 is 0 Å². The summed E-state index contributed by atoms with van der Waals surface area (Å²) in [6.45, 7) is 4.41. The fourth-order valence-corrected chi connectivity index (χ4v) is 2.05. The Balaban J connectivity index is 2.11. The third-order valence-electron chi connectivity index (χ3n) is 3.22. The van der Waals surface area contributed by atoms with Crippen molar-refractivity contribution in [3.05, 3.63) is 42.5 Å². The number of nitrogens with zero attached hydrogens (tertiary/aromatic N) is 3. The maximum Gasteiger partial charge on any atom is 0.246 e. The Morgan fingerprint density at radius 3 is 2.60 bits per heavy atom. The highest BCUT2D eigenvalue weighted by Gasteiger charge is 2.14. The van der Waals surface area contributed by atoms with Crippen molar-refractivity contribution in [1.82, 2.24) is 9.55 Å². The van der Waals surface area contributed by atoms with Crippen LogP contribution in [0, 0.1) is 0 Å². The predicted molar refractivity (Wildman–Crippen MR) is 80.6 cm³/mol. The number of anilines is 2. The predicted octanol–water partition coefficient (Wildman–Crippen LogP) is 2.25. The van der Waals surface area contributed by atoms with Crippen molar-refractivity contribution < 1.29 is 4.79 Å². The molecule has 1 aromatic carbocycles. The van der Waals surface area contributed by atoms with Gasteiger partial charge in [-0.15, -0.1) is 0 Å². The highest BCUT2D eigenvalue weighted by Crippen LogP contribution is 2.16. The molecule has 0 saturated carbocycles. The van der Waals surface area contributed by atoms with Crippen molar-refractivity contribution in [2.24, 2.45) is 0 Å². The van der Waals surface area contributed by atoms with E-state index in [1.165, 1.54) is 0 Å². The van der Waals surface area contributed by atoms with Gasteiger partial charge < -0.3 is 15.2 Å². The third-order valence-corrected chi connectivity index (χ3v) is 3.22. The Kier molecular flexibility index (Phi) is 4.08. The first-order valence-electron chi connectivity index (χ1n) is 6.62. The number of benzene rings is 1. The fourth-order valence-electron chi connectivity index (χ4n) is 2.05. The van der Waals surface area contributed by atoms with Crippen LogP contribution in [0.25, 0.3) is 0 Å². The molecule has 5 nitrogen and oxygen atoms in total. The number of rotatable bonds is 4. The number of nitrogen functional groups attached to an aromatic ring is 1. The molecule has 0 radical (unpaired) electrons. The zero-order valence-corrected chi connectivity index (χ0v) is 12.1. The molecule has 0 atom stereocenters. The molecule has 0 bridgehead atoms. The van der Waals surface area contributed by atoms with E-state index in [1.807, 2.05) is 22.9 Å². The highest BCUT2D eigenvalue weighted by atomic mass is 16.2. The van der Waals surface area contributed by atoms with E-state index in [1.54, 1.807) is 30.3 Å². The molecule has 0 fully saturated rings. The molecule has 106 valence electrons. The first-order chi connectivity index (χ1) is 9.49. The Morgan fingerprint density at radius 1 is 1.35 bits per heavy atom. The number of aromatic nitrogens is 2. The van der Waals surface area contributed by atoms with E-state index >= 15 is 0 Å². The van der Waals surface area contributed by atoms with E-state index in [4.69, 9.17) is 5.73 Å². The minimum absolute atomic E-state index is 0.00896. The number of carbonyl (C=O) groups excluding carboxylic acids is 1. The van der Waals surface area contributed by atoms with Crippen LogP contribution < -0.4 is 10.6 Å². The van der Waals surface area contributed by atoms with E-state index in [0.29, 0.717) is 11.6 Å². The summed E-state index contributed by atoms with van der Waals surface area (Å²) in [7, 11) is 1.76. The molecule has 2 N–H and O–H groups in total. The van der Waals surface area contributed by atoms with Crippen LogP contribution in [0.1, 0.15) is 25.6 Å². The van der Waals surface area contributed by atoms with Gasteiger partial charge in [-0.1, -0.05) is 13.8 Å². The third kappa shape index (κ3) is 2.99. The van der Waals surface area contributed by atoms with Crippen molar-refractivity contribution in [2.75, 3.05) is 17.7 Å². The minimum atomic E-state index is 0.00896. The number of likely N-dealkylation sites (N-methyl/N-ethyl adjacent to an activating group) is 1. The van der Waals surface area contributed by atoms with E-state index in [-0.39, 0.29) is 12.5 Å². The zero-order chi connectivity index (χ0) is 14.7. The number of nitrogens with two attached hydrogens (primary N) is 1. The van der Waals surface area contributed by atoms with Gasteiger partial charge in [0.05, 0.1) is 0 Å². The van der Waals surface area contributed by atoms with Gasteiger partial charge in [0.1, 0.15) is 12.4 Å². The second kappa shape index (κ2) is 5.77. The molecular weight excluding hydrogens is 252 g/mol. The number of hydrogen-bond acceptors (Lipinski definition) is 3. The van der Waals surface area contributed by atoms with Crippen LogP contribution in [0.4, 0.5) is 11.4 Å². The first-order valence-corrected chi connectivity index (χ1v) is 6.62. The van der Waals surface area contributed by atoms with Crippen LogP contribution in [0.5, 0.6) is 0 Å². The normalized spacial score (nSPS) is 10.8. The van der Waals surface area contributed by atoms with Gasteiger partial charge in [-0.3, -0.25) is 4.79 Å². The molecule has 0 aliphatic heterocycles. The lowest BCUT2D eigenvalue weighted by Gasteiger charge is -2.19. The summed E-state index contributed by atoms with van der Waals surface area (Å²) in [5.74, 6) is 1.22. The van der Waals surface area contributed by atoms with Crippen molar-refractivity contribution >= 4 is 17.3 Å². The van der Waals surface area contributed by atoms with Crippen LogP contribution in [0.15, 0.2) is 36.7 Å². The van der Waals surface area contributed by atoms with Gasteiger partial charge in [0.2, 0.25) is 5.91 Å². The Bertz CT molecular complexity index is 586. The summed E-state index contributed by atoms with van der Waals surface area (Å²) in [5.41, 5.74) is 7.17. The quantitative estimate of drug-likeness (QED) is 0.868. The van der Waals surface area contributed by atoms with Gasteiger partial charge in [-0.05, 0) is 24.3 Å². The van der Waals surface area contributed by atoms with Crippen molar-refractivity contribution in [1.29, 1.82) is 0 Å². The molecule has 0 aliphatic carbocycles. The molecule has 1 amide bonds. The highest BCUT2D eigenvalue weighted by molar-refractivity contribution is 5.92. The maximum atomic E-state index is 12.3. The monoisotopic (exact) mass is 272 g/mol. The summed E-state index contributed by atoms with van der Waals surface area (Å²) < 4.78 is 1.89. The van der Waals surface area contributed by atoms with E-state index in [0.717, 1.165) is 11.5 Å². The van der Waals surface area contributed by atoms with Crippen LogP contribution in [-0.2, 0) is 11.3 Å². The van der Waals surface area contributed by atoms with E-state index in [9.17, 15) is 4.79 Å². The number of hydrogen-bond donors (Lipinski definition) is 1. The summed E-state index contributed by atoms with van der Waals surface area (Å²) in [6.07, 6.45) is 3.57. The van der Waals surface area contributed by atoms with Gasteiger partial charge in [0.25, 0.3) is 0 Å². The average molecular weight is 272 g/mol. The molecule has 0 unspecified atom stereocenters. The van der Waals surface area contributed by atoms with E-state index < -0.39 is 0 Å². The van der Waals surface area contributed by atoms with Gasteiger partial charge in [-0.2, -0.15) is 0 Å². The van der Waals surface area contributed by atoms with Crippen LogP contribution in [0.2, 0.25) is 0 Å². The summed E-state index contributed by atoms with van der Waals surface area (Å²) in [6, 6.07) is 7.25. The molecule has 5 heteroatoms. The lowest BCUT2D eigenvalue weighted by atomic mass is 10.2. The zero-order valence-electron chi connectivity index (χ0n) is 12.1. The van der Waals surface area contributed by atoms with Crippen LogP contribution in [0.3, 0.4) is 0 Å². The molecular formula is C15H20N4O. The SMILES string of the molecule is CC(C)c1nccn1CC(=O)N(C)c1ccc(N)cc1. The number of imidazole rings is 1. The van der Waals surface area contributed by atoms with Gasteiger partial charge in [0, 0.05) is 36.7 Å². The average Bonchev–Trinajstić information content (AvgIpc) is 2.87. The van der Waals surface area contributed by atoms with Crippen LogP contribution in [-0.4, -0.2) is 22.5 Å². The van der Waals surface area contributed by atoms with Crippen molar-refractivity contribution in [3.63, 3.8) is 0 Å². The molecule has 2 rings (SSSR count). The lowest BCUT2D eigenvalue weighted by molar-refractivity contribution is -0.118. The summed E-state index contributed by atoms with van der Waals surface area (Å²) >= 11 is 0. The molecule has 0 aliphatic rings. The van der Waals surface area contributed by atoms with Gasteiger partial charge in [-0.25, -0.2) is 4.98 Å². The largest absolute Gasteiger partial charge is 0.399 e. The Labute approximate surface area is 119 Å². The topological polar surface area (TPSA) is 64.2 Å². The molecule has 20 heavy (non-hydrogen) atoms. The molecule has 0 saturated heterocycles. The van der Waals surface area contributed by atoms with Crippen molar-refractivity contribution in [3.8, 4) is 0 Å².